The summed E-state index contributed by atoms with van der Waals surface area (Å²) in [6.07, 6.45) is 3.45. The number of imidazole rings is 1. The molecule has 0 spiro atoms. The molecule has 4 nitrogen and oxygen atoms in total. The van der Waals surface area contributed by atoms with Crippen molar-refractivity contribution >= 4 is 5.69 Å². The van der Waals surface area contributed by atoms with Crippen molar-refractivity contribution in [2.24, 2.45) is 0 Å². The lowest BCUT2D eigenvalue weighted by Gasteiger charge is -2.18. The first-order valence-corrected chi connectivity index (χ1v) is 5.87. The van der Waals surface area contributed by atoms with Gasteiger partial charge in [-0.3, -0.25) is 0 Å². The van der Waals surface area contributed by atoms with Crippen molar-refractivity contribution in [1.82, 2.24) is 9.55 Å². The van der Waals surface area contributed by atoms with E-state index in [4.69, 9.17) is 0 Å². The topological polar surface area (TPSA) is 50.1 Å². The largest absolute Gasteiger partial charge is 0.394 e. The summed E-state index contributed by atoms with van der Waals surface area (Å²) in [7, 11) is 0. The Kier molecular flexibility index (Phi) is 3.94. The third-order valence-electron chi connectivity index (χ3n) is 2.81. The van der Waals surface area contributed by atoms with Crippen LogP contribution in [0.25, 0.3) is 0 Å². The fraction of sp³-hybridized carbons (Fsp3) is 0.308. The van der Waals surface area contributed by atoms with Crippen molar-refractivity contribution in [2.45, 2.75) is 19.5 Å². The van der Waals surface area contributed by atoms with E-state index in [1.165, 1.54) is 12.1 Å². The number of aryl methyl sites for hydroxylation is 1. The molecule has 0 saturated heterocycles. The van der Waals surface area contributed by atoms with Crippen molar-refractivity contribution < 1.29 is 9.50 Å². The average Bonchev–Trinajstić information content (AvgIpc) is 2.86. The summed E-state index contributed by atoms with van der Waals surface area (Å²) >= 11 is 0. The number of aliphatic hydroxyl groups excluding tert-OH is 1. The van der Waals surface area contributed by atoms with Crippen LogP contribution >= 0.6 is 0 Å². The monoisotopic (exact) mass is 249 g/mol. The highest BCUT2D eigenvalue weighted by Crippen LogP contribution is 2.19. The summed E-state index contributed by atoms with van der Waals surface area (Å²) in [4.78, 5) is 4.07. The van der Waals surface area contributed by atoms with Crippen LogP contribution in [0.1, 0.15) is 18.7 Å². The number of rotatable bonds is 5. The summed E-state index contributed by atoms with van der Waals surface area (Å²) in [5.41, 5.74) is 1.67. The first kappa shape index (κ1) is 12.6. The second-order valence-corrected chi connectivity index (χ2v) is 3.99. The van der Waals surface area contributed by atoms with Crippen LogP contribution in [-0.4, -0.2) is 21.3 Å². The van der Waals surface area contributed by atoms with Gasteiger partial charge in [0.2, 0.25) is 0 Å². The van der Waals surface area contributed by atoms with Gasteiger partial charge in [-0.25, -0.2) is 9.37 Å². The predicted octanol–water partition coefficient (Wildman–Crippen LogP) is 2.19. The molecule has 5 heteroatoms. The molecule has 1 atom stereocenters. The maximum Gasteiger partial charge on any atom is 0.123 e. The summed E-state index contributed by atoms with van der Waals surface area (Å²) < 4.78 is 14.8. The average molecular weight is 249 g/mol. The molecule has 0 aliphatic heterocycles. The van der Waals surface area contributed by atoms with Crippen LogP contribution in [0.3, 0.4) is 0 Å². The van der Waals surface area contributed by atoms with Gasteiger partial charge in [-0.2, -0.15) is 0 Å². The van der Waals surface area contributed by atoms with Gasteiger partial charge in [0, 0.05) is 12.2 Å². The molecule has 0 saturated carbocycles. The van der Waals surface area contributed by atoms with Gasteiger partial charge in [0.05, 0.1) is 30.9 Å². The zero-order valence-corrected chi connectivity index (χ0v) is 10.2. The molecule has 0 aliphatic rings. The minimum absolute atomic E-state index is 0.0525. The fourth-order valence-corrected chi connectivity index (χ4v) is 1.85. The van der Waals surface area contributed by atoms with Gasteiger partial charge in [0.15, 0.2) is 0 Å². The van der Waals surface area contributed by atoms with E-state index in [1.54, 1.807) is 24.7 Å². The fourth-order valence-electron chi connectivity index (χ4n) is 1.85. The lowest BCUT2D eigenvalue weighted by Crippen LogP contribution is -2.18. The van der Waals surface area contributed by atoms with Gasteiger partial charge < -0.3 is 15.0 Å². The maximum absolute atomic E-state index is 12.8. The van der Waals surface area contributed by atoms with Crippen LogP contribution < -0.4 is 5.32 Å². The minimum Gasteiger partial charge on any atom is -0.394 e. The molecule has 2 aromatic rings. The highest BCUT2D eigenvalue weighted by Gasteiger charge is 2.14. The summed E-state index contributed by atoms with van der Waals surface area (Å²) in [5, 5.41) is 12.6. The van der Waals surface area contributed by atoms with Gasteiger partial charge >= 0.3 is 0 Å². The molecule has 1 heterocycles. The highest BCUT2D eigenvalue weighted by molar-refractivity contribution is 5.44. The molecular weight excluding hydrogens is 233 g/mol. The Hall–Kier alpha value is -1.88. The molecule has 18 heavy (non-hydrogen) atoms. The van der Waals surface area contributed by atoms with E-state index in [-0.39, 0.29) is 18.5 Å². The predicted molar refractivity (Wildman–Crippen MR) is 67.8 cm³/mol. The van der Waals surface area contributed by atoms with E-state index in [1.807, 2.05) is 11.5 Å². The van der Waals surface area contributed by atoms with E-state index >= 15 is 0 Å². The number of nitrogens with one attached hydrogen (secondary N) is 1. The Bertz CT molecular complexity index is 495. The molecule has 0 fully saturated rings. The molecule has 1 unspecified atom stereocenters. The van der Waals surface area contributed by atoms with Crippen molar-refractivity contribution in [2.75, 3.05) is 11.9 Å². The molecule has 0 amide bonds. The molecule has 0 bridgehead atoms. The number of hydrogen-bond acceptors (Lipinski definition) is 3. The standard InChI is InChI=1S/C13H16FN3O/c1-2-17-9-15-7-13(17)12(8-18)16-11-5-3-10(14)4-6-11/h3-7,9,12,16,18H,2,8H2,1H3. The molecule has 0 radical (unpaired) electrons. The van der Waals surface area contributed by atoms with Crippen molar-refractivity contribution in [3.63, 3.8) is 0 Å². The van der Waals surface area contributed by atoms with Crippen LogP contribution in [0.4, 0.5) is 10.1 Å². The number of aromatic nitrogens is 2. The third-order valence-corrected chi connectivity index (χ3v) is 2.81. The zero-order valence-electron chi connectivity index (χ0n) is 10.2. The van der Waals surface area contributed by atoms with E-state index < -0.39 is 0 Å². The molecule has 0 aliphatic carbocycles. The van der Waals surface area contributed by atoms with Crippen LogP contribution in [0.2, 0.25) is 0 Å². The Morgan fingerprint density at radius 3 is 2.72 bits per heavy atom. The highest BCUT2D eigenvalue weighted by atomic mass is 19.1. The quantitative estimate of drug-likeness (QED) is 0.854. The Balaban J connectivity index is 2.17. The van der Waals surface area contributed by atoms with E-state index in [0.29, 0.717) is 0 Å². The zero-order chi connectivity index (χ0) is 13.0. The summed E-state index contributed by atoms with van der Waals surface area (Å²) in [5.74, 6) is -0.278. The Labute approximate surface area is 105 Å². The number of nitrogens with zero attached hydrogens (tertiary/aromatic N) is 2. The van der Waals surface area contributed by atoms with E-state index in [9.17, 15) is 9.50 Å². The Morgan fingerprint density at radius 2 is 2.11 bits per heavy atom. The van der Waals surface area contributed by atoms with Crippen LogP contribution in [-0.2, 0) is 6.54 Å². The number of halogens is 1. The molecule has 2 N–H and O–H groups in total. The van der Waals surface area contributed by atoms with E-state index in [2.05, 4.69) is 10.3 Å². The first-order chi connectivity index (χ1) is 8.74. The number of hydrogen-bond donors (Lipinski definition) is 2. The van der Waals surface area contributed by atoms with Crippen LogP contribution in [0, 0.1) is 5.82 Å². The molecule has 1 aromatic heterocycles. The van der Waals surface area contributed by atoms with Crippen LogP contribution in [0.15, 0.2) is 36.8 Å². The molecule has 2 rings (SSSR count). The third kappa shape index (κ3) is 2.68. The Morgan fingerprint density at radius 1 is 1.39 bits per heavy atom. The SMILES string of the molecule is CCn1cncc1C(CO)Nc1ccc(F)cc1. The van der Waals surface area contributed by atoms with Gasteiger partial charge in [-0.1, -0.05) is 0 Å². The minimum atomic E-state index is -0.278. The second kappa shape index (κ2) is 5.64. The first-order valence-electron chi connectivity index (χ1n) is 5.87. The number of aliphatic hydroxyl groups is 1. The summed E-state index contributed by atoms with van der Waals surface area (Å²) in [6, 6.07) is 5.80. The lowest BCUT2D eigenvalue weighted by atomic mass is 10.2. The van der Waals surface area contributed by atoms with Crippen molar-refractivity contribution in [3.8, 4) is 0 Å². The van der Waals surface area contributed by atoms with Gasteiger partial charge in [0.25, 0.3) is 0 Å². The molecular formula is C13H16FN3O. The van der Waals surface area contributed by atoms with Gasteiger partial charge in [-0.05, 0) is 31.2 Å². The normalized spacial score (nSPS) is 12.4. The molecule has 96 valence electrons. The summed E-state index contributed by atoms with van der Waals surface area (Å²) in [6.45, 7) is 2.75. The maximum atomic E-state index is 12.8. The van der Waals surface area contributed by atoms with Crippen molar-refractivity contribution in [1.29, 1.82) is 0 Å². The second-order valence-electron chi connectivity index (χ2n) is 3.99. The van der Waals surface area contributed by atoms with Crippen molar-refractivity contribution in [3.05, 3.63) is 48.3 Å². The number of benzene rings is 1. The van der Waals surface area contributed by atoms with Gasteiger partial charge in [0.1, 0.15) is 5.82 Å². The smallest absolute Gasteiger partial charge is 0.123 e. The molecule has 1 aromatic carbocycles. The number of anilines is 1. The van der Waals surface area contributed by atoms with E-state index in [0.717, 1.165) is 17.9 Å². The lowest BCUT2D eigenvalue weighted by molar-refractivity contribution is 0.272. The van der Waals surface area contributed by atoms with Crippen LogP contribution in [0.5, 0.6) is 0 Å². The van der Waals surface area contributed by atoms with Gasteiger partial charge in [-0.15, -0.1) is 0 Å².